The molecule has 0 spiro atoms. The van der Waals surface area contributed by atoms with Crippen LogP contribution in [0.2, 0.25) is 10.0 Å². The number of carbonyl (C=O) groups excluding carboxylic acids is 1. The van der Waals surface area contributed by atoms with E-state index < -0.39 is 53.3 Å². The minimum Gasteiger partial charge on any atom is -0.871 e. The fraction of sp³-hybridized carbons (Fsp3) is 0.148. The number of rotatable bonds is 16. The second-order valence-corrected chi connectivity index (χ2v) is 19.9. The van der Waals surface area contributed by atoms with Crippen LogP contribution < -0.4 is 25.0 Å². The van der Waals surface area contributed by atoms with Crippen LogP contribution >= 0.6 is 23.2 Å². The fourth-order valence-electron chi connectivity index (χ4n) is 7.65. The van der Waals surface area contributed by atoms with E-state index in [1.54, 1.807) is 118 Å². The van der Waals surface area contributed by atoms with Gasteiger partial charge in [-0.15, -0.1) is 15.3 Å². The molecule has 0 fully saturated rings. The molecular weight excluding hydrogens is 1100 g/mol. The number of anilines is 1. The number of para-hydroxylation sites is 4. The third-order valence-corrected chi connectivity index (χ3v) is 13.6. The molecule has 0 unspecified atom stereocenters. The zero-order chi connectivity index (χ0) is 54.9. The number of amides is 1. The van der Waals surface area contributed by atoms with Crippen LogP contribution in [0.1, 0.15) is 54.7 Å². The number of fused-ring (bicyclic) bond motifs is 2. The number of aliphatic imine (C=N–C) groups is 1. The van der Waals surface area contributed by atoms with Gasteiger partial charge in [-0.05, 0) is 121 Å². The van der Waals surface area contributed by atoms with E-state index >= 15 is 0 Å². The minimum absolute atomic E-state index is 0. The Labute approximate surface area is 483 Å². The van der Waals surface area contributed by atoms with E-state index in [9.17, 15) is 46.1 Å². The molecule has 0 radical (unpaired) electrons. The van der Waals surface area contributed by atoms with Crippen LogP contribution in [-0.2, 0) is 33.1 Å². The topological polar surface area (TPSA) is 284 Å². The Hall–Kier alpha value is -6.72. The SMILES string of the molecule is CCOc1ccccc1N=C([O-])c1cc2ccccc2c(N=Nc2c(Cl)cc(CC)cc2S(=O)(=O)O)c1[O-].CCOc1ccccc1NC(=O)c1cc2ccccc2c(N=Nc2c(Cl)cc(CC)cc2S(=O)(=O)O)c1O.[Ca+2]. The average molecular weight is 1150 g/mol. The van der Waals surface area contributed by atoms with Gasteiger partial charge in [-0.25, -0.2) is 0 Å². The monoisotopic (exact) mass is 1140 g/mol. The fourth-order valence-corrected chi connectivity index (χ4v) is 9.71. The van der Waals surface area contributed by atoms with Gasteiger partial charge in [-0.2, -0.15) is 21.9 Å². The van der Waals surface area contributed by atoms with Crippen LogP contribution in [0.4, 0.5) is 34.1 Å². The summed E-state index contributed by atoms with van der Waals surface area (Å²) in [6, 6.07) is 35.6. The number of nitrogens with one attached hydrogen (secondary N) is 1. The maximum absolute atomic E-state index is 13.4. The standard InChI is InChI=1S/2C27H24ClN3O6S.Ca/c2*1-3-16-13-20(28)25(23(14-16)38(34,35)36)31-30-24-18-10-6-5-9-17(18)15-19(26(24)32)27(33)29-21-11-7-8-12-22(21)37-4-2;/h2*5-15,32H,3-4H2,1-2H3,(H,29,33)(H,34,35,36);/q;;+2/p-2. The summed E-state index contributed by atoms with van der Waals surface area (Å²) in [5.41, 5.74) is 0.528. The van der Waals surface area contributed by atoms with Gasteiger partial charge in [0, 0.05) is 10.8 Å². The van der Waals surface area contributed by atoms with Crippen molar-refractivity contribution in [1.29, 1.82) is 0 Å². The Kier molecular flexibility index (Phi) is 20.2. The molecule has 4 N–H and O–H groups in total. The third kappa shape index (κ3) is 14.1. The molecule has 18 nitrogen and oxygen atoms in total. The number of ether oxygens (including phenoxy) is 2. The smallest absolute Gasteiger partial charge is 0.871 e. The van der Waals surface area contributed by atoms with Crippen LogP contribution in [0.3, 0.4) is 0 Å². The van der Waals surface area contributed by atoms with E-state index in [0.29, 0.717) is 75.9 Å². The molecule has 0 aromatic heterocycles. The van der Waals surface area contributed by atoms with Gasteiger partial charge < -0.3 is 30.1 Å². The van der Waals surface area contributed by atoms with Crippen molar-refractivity contribution in [3.05, 3.63) is 166 Å². The van der Waals surface area contributed by atoms with Crippen LogP contribution in [0.25, 0.3) is 21.5 Å². The predicted molar refractivity (Wildman–Crippen MR) is 294 cm³/mol. The molecule has 0 aliphatic heterocycles. The van der Waals surface area contributed by atoms with Crippen molar-refractivity contribution >= 4 is 149 Å². The van der Waals surface area contributed by atoms with Crippen LogP contribution in [-0.4, -0.2) is 93.8 Å². The Morgan fingerprint density at radius 3 is 1.57 bits per heavy atom. The van der Waals surface area contributed by atoms with Gasteiger partial charge in [0.1, 0.15) is 44.0 Å². The molecule has 23 heteroatoms. The van der Waals surface area contributed by atoms with Gasteiger partial charge in [0.2, 0.25) is 0 Å². The van der Waals surface area contributed by atoms with Crippen molar-refractivity contribution in [1.82, 2.24) is 0 Å². The van der Waals surface area contributed by atoms with Crippen molar-refractivity contribution in [2.24, 2.45) is 25.4 Å². The normalized spacial score (nSPS) is 11.9. The molecule has 8 rings (SSSR count). The van der Waals surface area contributed by atoms with Crippen molar-refractivity contribution in [3.63, 3.8) is 0 Å². The molecule has 392 valence electrons. The summed E-state index contributed by atoms with van der Waals surface area (Å²) in [5.74, 6) is -1.82. The first-order valence-corrected chi connectivity index (χ1v) is 26.8. The van der Waals surface area contributed by atoms with E-state index in [-0.39, 0.29) is 87.3 Å². The molecule has 1 amide bonds. The van der Waals surface area contributed by atoms with E-state index in [1.807, 2.05) is 6.92 Å². The summed E-state index contributed by atoms with van der Waals surface area (Å²) in [6.07, 6.45) is 0.920. The summed E-state index contributed by atoms with van der Waals surface area (Å²) < 4.78 is 78.7. The van der Waals surface area contributed by atoms with Crippen LogP contribution in [0, 0.1) is 0 Å². The molecule has 0 aliphatic carbocycles. The summed E-state index contributed by atoms with van der Waals surface area (Å²) >= 11 is 12.6. The summed E-state index contributed by atoms with van der Waals surface area (Å²) in [6.45, 7) is 7.96. The largest absolute Gasteiger partial charge is 2.00 e. The van der Waals surface area contributed by atoms with Crippen molar-refractivity contribution in [3.8, 4) is 23.0 Å². The van der Waals surface area contributed by atoms with Crippen LogP contribution in [0.15, 0.2) is 169 Å². The minimum atomic E-state index is -4.71. The van der Waals surface area contributed by atoms with E-state index in [0.717, 1.165) is 0 Å². The quantitative estimate of drug-likeness (QED) is 0.0231. The van der Waals surface area contributed by atoms with Gasteiger partial charge in [-0.1, -0.05) is 116 Å². The number of carbonyl (C=O) groups is 1. The molecular formula is C54H46CaCl2N6O12S2. The molecule has 8 aromatic carbocycles. The van der Waals surface area contributed by atoms with E-state index in [4.69, 9.17) is 32.7 Å². The summed E-state index contributed by atoms with van der Waals surface area (Å²) in [5, 5.41) is 58.3. The molecule has 0 heterocycles. The van der Waals surface area contributed by atoms with Crippen molar-refractivity contribution in [2.75, 3.05) is 18.5 Å². The number of aryl methyl sites for hydroxylation is 2. The Bertz CT molecular complexity index is 3860. The number of phenols is 1. The number of hydrogen-bond acceptors (Lipinski definition) is 15. The maximum atomic E-state index is 13.4. The number of nitrogens with zero attached hydrogens (tertiary/aromatic N) is 5. The van der Waals surface area contributed by atoms with Gasteiger partial charge >= 0.3 is 37.7 Å². The Morgan fingerprint density at radius 1 is 0.597 bits per heavy atom. The summed E-state index contributed by atoms with van der Waals surface area (Å²) in [4.78, 5) is 16.3. The predicted octanol–water partition coefficient (Wildman–Crippen LogP) is 12.3. The number of hydrogen-bond donors (Lipinski definition) is 4. The number of aromatic hydroxyl groups is 1. The van der Waals surface area contributed by atoms with Gasteiger partial charge in [0.05, 0.1) is 40.2 Å². The molecule has 77 heavy (non-hydrogen) atoms. The second kappa shape index (κ2) is 26.1. The van der Waals surface area contributed by atoms with Crippen molar-refractivity contribution < 1.29 is 55.5 Å². The first-order valence-electron chi connectivity index (χ1n) is 23.2. The van der Waals surface area contributed by atoms with Gasteiger partial charge in [0.25, 0.3) is 26.1 Å². The zero-order valence-corrected chi connectivity index (χ0v) is 46.9. The Morgan fingerprint density at radius 2 is 1.04 bits per heavy atom. The molecule has 0 atom stereocenters. The molecule has 0 saturated carbocycles. The molecule has 0 aliphatic rings. The first-order chi connectivity index (χ1) is 36.3. The van der Waals surface area contributed by atoms with Gasteiger partial charge in [0.15, 0.2) is 5.75 Å². The first kappa shape index (κ1) is 59.5. The molecule has 0 bridgehead atoms. The number of azo groups is 2. The summed E-state index contributed by atoms with van der Waals surface area (Å²) in [7, 11) is -9.40. The van der Waals surface area contributed by atoms with E-state index in [2.05, 4.69) is 30.8 Å². The van der Waals surface area contributed by atoms with E-state index in [1.165, 1.54) is 36.4 Å². The molecule has 0 saturated heterocycles. The number of benzene rings is 8. The zero-order valence-electron chi connectivity index (χ0n) is 41.6. The molecule has 8 aromatic rings. The maximum Gasteiger partial charge on any atom is 2.00 e. The number of halogens is 2. The Balaban J connectivity index is 0.000000246. The van der Waals surface area contributed by atoms with Crippen molar-refractivity contribution in [2.45, 2.75) is 50.3 Å². The average Bonchev–Trinajstić information content (AvgIpc) is 3.40. The van der Waals surface area contributed by atoms with Gasteiger partial charge in [-0.3, -0.25) is 18.9 Å². The number of phenolic OH excluding ortho intramolecular Hbond substituents is 1. The third-order valence-electron chi connectivity index (χ3n) is 11.3. The second-order valence-electron chi connectivity index (χ2n) is 16.3. The van der Waals surface area contributed by atoms with Crippen LogP contribution in [0.5, 0.6) is 23.0 Å².